The number of hydrogen-bond acceptors (Lipinski definition) is 2. The van der Waals surface area contributed by atoms with Crippen LogP contribution in [0.5, 0.6) is 0 Å². The molecule has 8 heteroatoms. The summed E-state index contributed by atoms with van der Waals surface area (Å²) in [7, 11) is 0. The van der Waals surface area contributed by atoms with E-state index in [1.807, 2.05) is 6.92 Å². The average Bonchev–Trinajstić information content (AvgIpc) is 2.74. The lowest BCUT2D eigenvalue weighted by Gasteiger charge is -2.38. The van der Waals surface area contributed by atoms with E-state index >= 15 is 0 Å². The van der Waals surface area contributed by atoms with Gasteiger partial charge in [0.2, 0.25) is 0 Å². The third-order valence-electron chi connectivity index (χ3n) is 4.09. The van der Waals surface area contributed by atoms with Crippen molar-refractivity contribution in [3.63, 3.8) is 0 Å². The molecule has 0 unspecified atom stereocenters. The largest absolute Gasteiger partial charge is 0.407 e. The van der Waals surface area contributed by atoms with Gasteiger partial charge in [0.25, 0.3) is 0 Å². The highest BCUT2D eigenvalue weighted by Gasteiger charge is 2.40. The van der Waals surface area contributed by atoms with Gasteiger partial charge in [0, 0.05) is 34.6 Å². The molecule has 0 saturated carbocycles. The van der Waals surface area contributed by atoms with Crippen LogP contribution in [0, 0.1) is 11.2 Å². The number of aromatic nitrogens is 1. The summed E-state index contributed by atoms with van der Waals surface area (Å²) in [6.45, 7) is 3.54. The predicted molar refractivity (Wildman–Crippen MR) is 81.5 cm³/mol. The molecule has 2 N–H and O–H groups in total. The zero-order valence-corrected chi connectivity index (χ0v) is 13.8. The second kappa shape index (κ2) is 5.46. The first kappa shape index (κ1) is 16.7. The van der Waals surface area contributed by atoms with Crippen LogP contribution in [-0.4, -0.2) is 24.0 Å². The molecule has 2 heterocycles. The van der Waals surface area contributed by atoms with Crippen LogP contribution in [-0.2, 0) is 11.3 Å². The number of halogens is 5. The van der Waals surface area contributed by atoms with E-state index in [0.29, 0.717) is 25.3 Å². The van der Waals surface area contributed by atoms with Crippen molar-refractivity contribution in [1.29, 1.82) is 0 Å². The maximum atomic E-state index is 13.8. The van der Waals surface area contributed by atoms with Crippen molar-refractivity contribution in [2.24, 2.45) is 11.1 Å². The molecule has 23 heavy (non-hydrogen) atoms. The number of fused-ring (bicyclic) bond motifs is 1. The Hall–Kier alpha value is -1.12. The highest BCUT2D eigenvalue weighted by molar-refractivity contribution is 9.10. The Bertz CT molecular complexity index is 752. The maximum absolute atomic E-state index is 13.8. The van der Waals surface area contributed by atoms with Crippen LogP contribution >= 0.6 is 15.9 Å². The second-order valence-corrected chi connectivity index (χ2v) is 7.17. The van der Waals surface area contributed by atoms with Crippen molar-refractivity contribution < 1.29 is 22.3 Å². The Balaban J connectivity index is 2.14. The van der Waals surface area contributed by atoms with E-state index in [0.717, 1.165) is 6.07 Å². The number of nitrogens with zero attached hydrogens (tertiary/aromatic N) is 1. The lowest BCUT2D eigenvalue weighted by molar-refractivity contribution is -0.148. The monoisotopic (exact) mass is 394 g/mol. The molecule has 1 aromatic heterocycles. The third kappa shape index (κ3) is 2.99. The summed E-state index contributed by atoms with van der Waals surface area (Å²) in [6.07, 6.45) is -3.22. The summed E-state index contributed by atoms with van der Waals surface area (Å²) in [5.74, 6) is -0.621. The first-order chi connectivity index (χ1) is 10.6. The summed E-state index contributed by atoms with van der Waals surface area (Å²) in [4.78, 5) is 0. The van der Waals surface area contributed by atoms with Gasteiger partial charge in [-0.3, -0.25) is 0 Å². The van der Waals surface area contributed by atoms with Crippen LogP contribution < -0.4 is 5.73 Å². The van der Waals surface area contributed by atoms with Crippen LogP contribution in [0.2, 0.25) is 0 Å². The van der Waals surface area contributed by atoms with E-state index in [1.54, 1.807) is 4.57 Å². The molecule has 2 aromatic rings. The summed E-state index contributed by atoms with van der Waals surface area (Å²) < 4.78 is 59.9. The average molecular weight is 395 g/mol. The fourth-order valence-electron chi connectivity index (χ4n) is 2.82. The number of rotatable bonds is 3. The van der Waals surface area contributed by atoms with Gasteiger partial charge in [-0.05, 0) is 28.1 Å². The van der Waals surface area contributed by atoms with E-state index in [9.17, 15) is 17.6 Å². The molecule has 0 aliphatic carbocycles. The topological polar surface area (TPSA) is 40.2 Å². The van der Waals surface area contributed by atoms with Crippen LogP contribution in [0.3, 0.4) is 0 Å². The van der Waals surface area contributed by atoms with Crippen LogP contribution in [0.4, 0.5) is 17.6 Å². The Kier molecular flexibility index (Phi) is 3.97. The van der Waals surface area contributed by atoms with Gasteiger partial charge in [-0.2, -0.15) is 13.2 Å². The lowest BCUT2D eigenvalue weighted by Crippen LogP contribution is -2.43. The molecule has 3 rings (SSSR count). The SMILES string of the molecule is CC1(Cn2cc([C@H](N)C(F)(F)F)c3cc(F)c(Br)cc32)COC1. The van der Waals surface area contributed by atoms with Gasteiger partial charge in [-0.25, -0.2) is 4.39 Å². The lowest BCUT2D eigenvalue weighted by atomic mass is 9.88. The molecule has 0 bridgehead atoms. The molecular formula is C15H15BrF4N2O. The molecule has 0 radical (unpaired) electrons. The Morgan fingerprint density at radius 1 is 1.39 bits per heavy atom. The zero-order chi connectivity index (χ0) is 17.0. The molecule has 1 saturated heterocycles. The Morgan fingerprint density at radius 2 is 2.04 bits per heavy atom. The number of hydrogen-bond donors (Lipinski definition) is 1. The molecule has 1 aliphatic rings. The van der Waals surface area contributed by atoms with Crippen molar-refractivity contribution in [3.8, 4) is 0 Å². The molecule has 1 fully saturated rings. The number of benzene rings is 1. The van der Waals surface area contributed by atoms with Gasteiger partial charge in [0.15, 0.2) is 0 Å². The molecule has 0 amide bonds. The fraction of sp³-hybridized carbons (Fsp3) is 0.467. The van der Waals surface area contributed by atoms with Gasteiger partial charge in [0.1, 0.15) is 11.9 Å². The first-order valence-electron chi connectivity index (χ1n) is 6.99. The van der Waals surface area contributed by atoms with Crippen molar-refractivity contribution in [1.82, 2.24) is 4.57 Å². The fourth-order valence-corrected chi connectivity index (χ4v) is 3.15. The summed E-state index contributed by atoms with van der Waals surface area (Å²) in [5, 5.41) is 0.180. The molecule has 1 atom stereocenters. The minimum atomic E-state index is -4.59. The molecule has 126 valence electrons. The van der Waals surface area contributed by atoms with Gasteiger partial charge in [-0.1, -0.05) is 6.92 Å². The van der Waals surface area contributed by atoms with Crippen molar-refractivity contribution >= 4 is 26.8 Å². The zero-order valence-electron chi connectivity index (χ0n) is 12.3. The van der Waals surface area contributed by atoms with Gasteiger partial charge < -0.3 is 15.0 Å². The van der Waals surface area contributed by atoms with Crippen molar-refractivity contribution in [3.05, 3.63) is 34.2 Å². The minimum Gasteiger partial charge on any atom is -0.380 e. The number of nitrogens with two attached hydrogens (primary N) is 1. The molecule has 1 aromatic carbocycles. The number of ether oxygens (including phenoxy) is 1. The van der Waals surface area contributed by atoms with E-state index in [-0.39, 0.29) is 20.8 Å². The van der Waals surface area contributed by atoms with E-state index in [4.69, 9.17) is 10.5 Å². The molecule has 1 aliphatic heterocycles. The van der Waals surface area contributed by atoms with Crippen LogP contribution in [0.1, 0.15) is 18.5 Å². The van der Waals surface area contributed by atoms with Crippen molar-refractivity contribution in [2.75, 3.05) is 13.2 Å². The van der Waals surface area contributed by atoms with E-state index < -0.39 is 18.0 Å². The van der Waals surface area contributed by atoms with E-state index in [1.165, 1.54) is 12.3 Å². The standard InChI is InChI=1S/C15H15BrF4N2O/c1-14(6-23-7-14)5-22-4-9(13(21)15(18,19)20)8-2-11(17)10(16)3-12(8)22/h2-4,13H,5-7,21H2,1H3/t13-/m0/s1. The van der Waals surface area contributed by atoms with Gasteiger partial charge >= 0.3 is 6.18 Å². The van der Waals surface area contributed by atoms with E-state index in [2.05, 4.69) is 15.9 Å². The quantitative estimate of drug-likeness (QED) is 0.794. The van der Waals surface area contributed by atoms with Crippen LogP contribution in [0.25, 0.3) is 10.9 Å². The predicted octanol–water partition coefficient (Wildman–Crippen LogP) is 4.14. The summed E-state index contributed by atoms with van der Waals surface area (Å²) in [6, 6.07) is 0.425. The molecular weight excluding hydrogens is 380 g/mol. The molecule has 3 nitrogen and oxygen atoms in total. The normalized spacial score (nSPS) is 18.9. The van der Waals surface area contributed by atoms with Gasteiger partial charge in [0.05, 0.1) is 17.7 Å². The van der Waals surface area contributed by atoms with Crippen molar-refractivity contribution in [2.45, 2.75) is 25.7 Å². The first-order valence-corrected chi connectivity index (χ1v) is 7.78. The molecule has 0 spiro atoms. The number of alkyl halides is 3. The summed E-state index contributed by atoms with van der Waals surface area (Å²) >= 11 is 3.08. The Labute approximate surface area is 138 Å². The highest BCUT2D eigenvalue weighted by Crippen LogP contribution is 2.38. The summed E-state index contributed by atoms with van der Waals surface area (Å²) in [5.41, 5.74) is 5.60. The maximum Gasteiger partial charge on any atom is 0.407 e. The second-order valence-electron chi connectivity index (χ2n) is 6.32. The smallest absolute Gasteiger partial charge is 0.380 e. The van der Waals surface area contributed by atoms with Crippen LogP contribution in [0.15, 0.2) is 22.8 Å². The highest BCUT2D eigenvalue weighted by atomic mass is 79.9. The third-order valence-corrected chi connectivity index (χ3v) is 4.70. The minimum absolute atomic E-state index is 0.122. The Morgan fingerprint density at radius 3 is 2.57 bits per heavy atom. The van der Waals surface area contributed by atoms with Gasteiger partial charge in [-0.15, -0.1) is 0 Å².